The van der Waals surface area contributed by atoms with Crippen molar-refractivity contribution in [2.45, 2.75) is 13.1 Å². The van der Waals surface area contributed by atoms with Crippen LogP contribution in [0.1, 0.15) is 21.5 Å². The maximum atomic E-state index is 12.5. The van der Waals surface area contributed by atoms with E-state index in [1.807, 2.05) is 30.3 Å². The number of hydrogen-bond donors (Lipinski definition) is 2. The van der Waals surface area contributed by atoms with Gasteiger partial charge in [0, 0.05) is 24.5 Å². The number of carbonyl (C=O) groups is 1. The second kappa shape index (κ2) is 11.1. The summed E-state index contributed by atoms with van der Waals surface area (Å²) in [5.74, 6) is 0.367. The van der Waals surface area contributed by atoms with Crippen LogP contribution in [0.25, 0.3) is 0 Å². The van der Waals surface area contributed by atoms with Gasteiger partial charge >= 0.3 is 0 Å². The summed E-state index contributed by atoms with van der Waals surface area (Å²) in [7, 11) is 0. The topological polar surface area (TPSA) is 104 Å². The van der Waals surface area contributed by atoms with Crippen LogP contribution in [-0.4, -0.2) is 33.4 Å². The monoisotopic (exact) mass is 511 g/mol. The average Bonchev–Trinajstić information content (AvgIpc) is 3.21. The molecule has 0 atom stereocenters. The van der Waals surface area contributed by atoms with Crippen molar-refractivity contribution >= 4 is 34.9 Å². The third kappa shape index (κ3) is 6.44. The molecule has 2 heterocycles. The van der Waals surface area contributed by atoms with Crippen molar-refractivity contribution in [3.8, 4) is 5.75 Å². The van der Waals surface area contributed by atoms with Crippen molar-refractivity contribution in [2.24, 2.45) is 0 Å². The van der Waals surface area contributed by atoms with Crippen LogP contribution in [-0.2, 0) is 13.1 Å². The molecule has 10 heteroatoms. The standard InChI is InChI=1S/C25H23Cl2N5O3/c26-21-9-8-19(13-22(21)27)35-12-10-29-25(34)20-16-32(30-24(20)28)15-18-6-4-17(5-7-18)14-31-11-2-1-3-23(31)33/h1-9,11,13,16H,10,12,14-15H2,(H2,28,30)(H,29,34). The number of anilines is 1. The number of halogens is 2. The molecule has 180 valence electrons. The fourth-order valence-electron chi connectivity index (χ4n) is 3.41. The van der Waals surface area contributed by atoms with E-state index in [4.69, 9.17) is 33.7 Å². The minimum absolute atomic E-state index is 0.0460. The number of aromatic nitrogens is 3. The van der Waals surface area contributed by atoms with E-state index < -0.39 is 0 Å². The van der Waals surface area contributed by atoms with Crippen LogP contribution in [0.3, 0.4) is 0 Å². The van der Waals surface area contributed by atoms with Crippen LogP contribution < -0.4 is 21.3 Å². The molecule has 8 nitrogen and oxygen atoms in total. The van der Waals surface area contributed by atoms with Gasteiger partial charge in [-0.3, -0.25) is 14.3 Å². The SMILES string of the molecule is Nc1nn(Cc2ccc(Cn3ccccc3=O)cc2)cc1C(=O)NCCOc1ccc(Cl)c(Cl)c1. The Morgan fingerprint density at radius 2 is 1.74 bits per heavy atom. The number of amides is 1. The fraction of sp³-hybridized carbons (Fsp3) is 0.160. The quantitative estimate of drug-likeness (QED) is 0.332. The first kappa shape index (κ1) is 24.4. The maximum absolute atomic E-state index is 12.5. The van der Waals surface area contributed by atoms with Gasteiger partial charge in [-0.05, 0) is 29.3 Å². The zero-order valence-corrected chi connectivity index (χ0v) is 20.2. The minimum Gasteiger partial charge on any atom is -0.492 e. The smallest absolute Gasteiger partial charge is 0.256 e. The summed E-state index contributed by atoms with van der Waals surface area (Å²) in [4.78, 5) is 24.4. The number of benzene rings is 2. The van der Waals surface area contributed by atoms with Crippen molar-refractivity contribution in [3.05, 3.63) is 110 Å². The Bertz CT molecular complexity index is 1380. The van der Waals surface area contributed by atoms with Crippen LogP contribution in [0.15, 0.2) is 77.9 Å². The third-order valence-corrected chi connectivity index (χ3v) is 5.94. The molecule has 2 aromatic heterocycles. The molecule has 0 aliphatic rings. The molecule has 0 unspecified atom stereocenters. The molecule has 2 aromatic carbocycles. The van der Waals surface area contributed by atoms with Crippen molar-refractivity contribution in [3.63, 3.8) is 0 Å². The van der Waals surface area contributed by atoms with E-state index in [1.165, 1.54) is 6.07 Å². The predicted octanol–water partition coefficient (Wildman–Crippen LogP) is 3.84. The third-order valence-electron chi connectivity index (χ3n) is 5.20. The molecule has 3 N–H and O–H groups in total. The van der Waals surface area contributed by atoms with E-state index in [1.54, 1.807) is 45.9 Å². The summed E-state index contributed by atoms with van der Waals surface area (Å²) in [5, 5.41) is 7.86. The predicted molar refractivity (Wildman–Crippen MR) is 136 cm³/mol. The molecular formula is C25H23Cl2N5O3. The molecule has 35 heavy (non-hydrogen) atoms. The van der Waals surface area contributed by atoms with Crippen molar-refractivity contribution in [2.75, 3.05) is 18.9 Å². The van der Waals surface area contributed by atoms with Gasteiger partial charge in [0.15, 0.2) is 5.82 Å². The highest BCUT2D eigenvalue weighted by Gasteiger charge is 2.14. The van der Waals surface area contributed by atoms with Crippen LogP contribution in [0.5, 0.6) is 5.75 Å². The molecule has 0 radical (unpaired) electrons. The Hall–Kier alpha value is -3.75. The number of nitrogens with one attached hydrogen (secondary N) is 1. The lowest BCUT2D eigenvalue weighted by atomic mass is 10.1. The van der Waals surface area contributed by atoms with Crippen molar-refractivity contribution in [1.82, 2.24) is 19.7 Å². The lowest BCUT2D eigenvalue weighted by Crippen LogP contribution is -2.28. The summed E-state index contributed by atoms with van der Waals surface area (Å²) in [6.45, 7) is 1.46. The van der Waals surface area contributed by atoms with E-state index >= 15 is 0 Å². The normalized spacial score (nSPS) is 10.8. The average molecular weight is 512 g/mol. The Balaban J connectivity index is 1.29. The number of hydrogen-bond acceptors (Lipinski definition) is 5. The summed E-state index contributed by atoms with van der Waals surface area (Å²) >= 11 is 11.8. The van der Waals surface area contributed by atoms with Gasteiger partial charge in [-0.25, -0.2) is 0 Å². The van der Waals surface area contributed by atoms with Crippen LogP contribution in [0.2, 0.25) is 10.0 Å². The van der Waals surface area contributed by atoms with E-state index in [-0.39, 0.29) is 30.4 Å². The van der Waals surface area contributed by atoms with Gasteiger partial charge in [-0.2, -0.15) is 5.10 Å². The van der Waals surface area contributed by atoms with Crippen molar-refractivity contribution < 1.29 is 9.53 Å². The molecule has 0 saturated heterocycles. The fourth-order valence-corrected chi connectivity index (χ4v) is 3.70. The number of nitrogens with zero attached hydrogens (tertiary/aromatic N) is 3. The summed E-state index contributed by atoms with van der Waals surface area (Å²) < 4.78 is 8.83. The van der Waals surface area contributed by atoms with E-state index in [2.05, 4.69) is 10.4 Å². The second-order valence-corrected chi connectivity index (χ2v) is 8.60. The largest absolute Gasteiger partial charge is 0.492 e. The number of nitrogen functional groups attached to an aromatic ring is 1. The Morgan fingerprint density at radius 1 is 1.00 bits per heavy atom. The van der Waals surface area contributed by atoms with Gasteiger partial charge in [0.1, 0.15) is 17.9 Å². The van der Waals surface area contributed by atoms with E-state index in [0.29, 0.717) is 34.4 Å². The maximum Gasteiger partial charge on any atom is 0.256 e. The Kier molecular flexibility index (Phi) is 7.74. The molecule has 0 aliphatic carbocycles. The highest BCUT2D eigenvalue weighted by molar-refractivity contribution is 6.42. The van der Waals surface area contributed by atoms with Crippen LogP contribution in [0, 0.1) is 0 Å². The van der Waals surface area contributed by atoms with Crippen molar-refractivity contribution in [1.29, 1.82) is 0 Å². The molecular weight excluding hydrogens is 489 g/mol. The highest BCUT2D eigenvalue weighted by Crippen LogP contribution is 2.26. The molecule has 0 spiro atoms. The van der Waals surface area contributed by atoms with Gasteiger partial charge in [-0.15, -0.1) is 0 Å². The lowest BCUT2D eigenvalue weighted by Gasteiger charge is -2.08. The van der Waals surface area contributed by atoms with Gasteiger partial charge in [0.05, 0.1) is 29.7 Å². The molecule has 1 amide bonds. The second-order valence-electron chi connectivity index (χ2n) is 7.79. The summed E-state index contributed by atoms with van der Waals surface area (Å²) in [6, 6.07) is 17.9. The summed E-state index contributed by atoms with van der Waals surface area (Å²) in [6.07, 6.45) is 3.37. The first-order valence-corrected chi connectivity index (χ1v) is 11.6. The van der Waals surface area contributed by atoms with E-state index in [9.17, 15) is 9.59 Å². The van der Waals surface area contributed by atoms with Gasteiger partial charge in [0.25, 0.3) is 11.5 Å². The minimum atomic E-state index is -0.338. The number of carbonyl (C=O) groups excluding carboxylic acids is 1. The van der Waals surface area contributed by atoms with E-state index in [0.717, 1.165) is 11.1 Å². The number of ether oxygens (including phenoxy) is 1. The summed E-state index contributed by atoms with van der Waals surface area (Å²) in [5.41, 5.74) is 8.20. The molecule has 0 saturated carbocycles. The number of rotatable bonds is 9. The molecule has 0 aliphatic heterocycles. The van der Waals surface area contributed by atoms with Crippen LogP contribution >= 0.6 is 23.2 Å². The Labute approximate surface area is 211 Å². The first-order valence-electron chi connectivity index (χ1n) is 10.8. The van der Waals surface area contributed by atoms with Gasteiger partial charge in [-0.1, -0.05) is 53.5 Å². The van der Waals surface area contributed by atoms with Crippen LogP contribution in [0.4, 0.5) is 5.82 Å². The first-order chi connectivity index (χ1) is 16.9. The molecule has 0 fully saturated rings. The number of pyridine rings is 1. The molecule has 4 rings (SSSR count). The zero-order chi connectivity index (χ0) is 24.8. The molecule has 0 bridgehead atoms. The van der Waals surface area contributed by atoms with Gasteiger partial charge in [0.2, 0.25) is 0 Å². The lowest BCUT2D eigenvalue weighted by molar-refractivity contribution is 0.0947. The van der Waals surface area contributed by atoms with Gasteiger partial charge < -0.3 is 20.4 Å². The Morgan fingerprint density at radius 3 is 2.46 bits per heavy atom. The zero-order valence-electron chi connectivity index (χ0n) is 18.7. The number of nitrogens with two attached hydrogens (primary N) is 1. The molecule has 4 aromatic rings. The highest BCUT2D eigenvalue weighted by atomic mass is 35.5.